The summed E-state index contributed by atoms with van der Waals surface area (Å²) in [5.74, 6) is -1.17. The van der Waals surface area contributed by atoms with Crippen LogP contribution in [0.4, 0.5) is 0 Å². The summed E-state index contributed by atoms with van der Waals surface area (Å²) in [5, 5.41) is 8.93. The van der Waals surface area contributed by atoms with Gasteiger partial charge in [-0.1, -0.05) is 46.4 Å². The molecule has 0 amide bonds. The number of ketones is 1. The number of carboxylic acids is 1. The Morgan fingerprint density at radius 1 is 0.947 bits per heavy atom. The second-order valence-corrected chi connectivity index (χ2v) is 5.44. The largest absolute Gasteiger partial charge is 0.481 e. The molecule has 1 N–H and O–H groups in total. The highest BCUT2D eigenvalue weighted by Crippen LogP contribution is 2.38. The maximum absolute atomic E-state index is 12.0. The predicted molar refractivity (Wildman–Crippen MR) is 76.9 cm³/mol. The third-order valence-electron chi connectivity index (χ3n) is 2.44. The molecule has 0 aliphatic rings. The van der Waals surface area contributed by atoms with E-state index in [0.717, 1.165) is 0 Å². The van der Waals surface area contributed by atoms with Crippen molar-refractivity contribution in [1.82, 2.24) is 0 Å². The lowest BCUT2D eigenvalue weighted by molar-refractivity contribution is -0.137. The Morgan fingerprint density at radius 2 is 1.53 bits per heavy atom. The highest BCUT2D eigenvalue weighted by molar-refractivity contribution is 6.51. The van der Waals surface area contributed by atoms with Crippen LogP contribution in [-0.2, 0) is 4.79 Å². The maximum Gasteiger partial charge on any atom is 0.303 e. The minimum atomic E-state index is -0.891. The van der Waals surface area contributed by atoms with Gasteiger partial charge in [-0.3, -0.25) is 9.59 Å². The van der Waals surface area contributed by atoms with Crippen molar-refractivity contribution in [3.05, 3.63) is 31.7 Å². The molecular weight excluding hydrogens is 334 g/mol. The zero-order chi connectivity index (χ0) is 14.6. The van der Waals surface area contributed by atoms with E-state index in [4.69, 9.17) is 51.5 Å². The number of carbonyl (C=O) groups excluding carboxylic acids is 1. The van der Waals surface area contributed by atoms with Gasteiger partial charge in [-0.15, -0.1) is 0 Å². The van der Waals surface area contributed by atoms with Crippen molar-refractivity contribution in [2.24, 2.45) is 0 Å². The fourth-order valence-electron chi connectivity index (χ4n) is 1.51. The average molecular weight is 344 g/mol. The molecule has 0 atom stereocenters. The zero-order valence-electron chi connectivity index (χ0n) is 9.68. The van der Waals surface area contributed by atoms with Gasteiger partial charge in [0.15, 0.2) is 5.78 Å². The first-order valence-electron chi connectivity index (χ1n) is 5.42. The molecule has 1 rings (SSSR count). The van der Waals surface area contributed by atoms with Gasteiger partial charge in [-0.2, -0.15) is 0 Å². The molecule has 0 radical (unpaired) electrons. The van der Waals surface area contributed by atoms with Crippen molar-refractivity contribution in [2.45, 2.75) is 25.7 Å². The summed E-state index contributed by atoms with van der Waals surface area (Å²) < 4.78 is 0. The fraction of sp³-hybridized carbons (Fsp3) is 0.333. The topological polar surface area (TPSA) is 54.4 Å². The molecule has 0 unspecified atom stereocenters. The number of hydrogen-bond acceptors (Lipinski definition) is 2. The van der Waals surface area contributed by atoms with Gasteiger partial charge in [0, 0.05) is 12.8 Å². The van der Waals surface area contributed by atoms with E-state index in [1.54, 1.807) is 0 Å². The summed E-state index contributed by atoms with van der Waals surface area (Å²) in [5.41, 5.74) is 0.132. The Bertz CT molecular complexity index is 514. The molecule has 7 heteroatoms. The van der Waals surface area contributed by atoms with E-state index in [9.17, 15) is 9.59 Å². The van der Waals surface area contributed by atoms with Crippen molar-refractivity contribution in [3.63, 3.8) is 0 Å². The smallest absolute Gasteiger partial charge is 0.303 e. The maximum atomic E-state index is 12.0. The van der Waals surface area contributed by atoms with Crippen molar-refractivity contribution < 1.29 is 14.7 Å². The van der Waals surface area contributed by atoms with Gasteiger partial charge in [0.2, 0.25) is 0 Å². The molecule has 0 bridgehead atoms. The van der Waals surface area contributed by atoms with Crippen LogP contribution in [0.2, 0.25) is 20.1 Å². The van der Waals surface area contributed by atoms with Crippen molar-refractivity contribution >= 4 is 58.2 Å². The Kier molecular flexibility index (Phi) is 6.40. The van der Waals surface area contributed by atoms with E-state index in [-0.39, 0.29) is 44.3 Å². The molecule has 0 fully saturated rings. The van der Waals surface area contributed by atoms with Gasteiger partial charge in [0.1, 0.15) is 0 Å². The third kappa shape index (κ3) is 4.53. The van der Waals surface area contributed by atoms with Crippen molar-refractivity contribution in [3.8, 4) is 0 Å². The lowest BCUT2D eigenvalue weighted by atomic mass is 10.0. The molecule has 1 aromatic carbocycles. The number of unbranched alkanes of at least 4 members (excludes halogenated alkanes) is 1. The van der Waals surface area contributed by atoms with E-state index in [2.05, 4.69) is 0 Å². The molecule has 0 aromatic heterocycles. The lowest BCUT2D eigenvalue weighted by Crippen LogP contribution is -2.03. The Hall–Kier alpha value is -0.480. The summed E-state index contributed by atoms with van der Waals surface area (Å²) >= 11 is 23.5. The first-order chi connectivity index (χ1) is 8.84. The summed E-state index contributed by atoms with van der Waals surface area (Å²) in [7, 11) is 0. The lowest BCUT2D eigenvalue weighted by Gasteiger charge is -2.09. The summed E-state index contributed by atoms with van der Waals surface area (Å²) in [6.07, 6.45) is 1.04. The number of benzene rings is 1. The number of hydrogen-bond donors (Lipinski definition) is 1. The molecule has 0 spiro atoms. The average Bonchev–Trinajstić information content (AvgIpc) is 2.31. The Balaban J connectivity index is 2.78. The van der Waals surface area contributed by atoms with Crippen LogP contribution in [0.15, 0.2) is 6.07 Å². The number of carbonyl (C=O) groups is 2. The van der Waals surface area contributed by atoms with Crippen LogP contribution in [0, 0.1) is 0 Å². The third-order valence-corrected chi connectivity index (χ3v) is 4.00. The van der Waals surface area contributed by atoms with Crippen molar-refractivity contribution in [1.29, 1.82) is 0 Å². The molecule has 0 aliphatic carbocycles. The minimum Gasteiger partial charge on any atom is -0.481 e. The molecule has 0 heterocycles. The van der Waals surface area contributed by atoms with Crippen LogP contribution < -0.4 is 0 Å². The van der Waals surface area contributed by atoms with E-state index in [1.807, 2.05) is 0 Å². The van der Waals surface area contributed by atoms with Gasteiger partial charge >= 0.3 is 5.97 Å². The van der Waals surface area contributed by atoms with Gasteiger partial charge in [-0.05, 0) is 18.9 Å². The van der Waals surface area contributed by atoms with Gasteiger partial charge in [0.25, 0.3) is 0 Å². The summed E-state index contributed by atoms with van der Waals surface area (Å²) in [4.78, 5) is 22.3. The van der Waals surface area contributed by atoms with Crippen LogP contribution in [0.3, 0.4) is 0 Å². The first-order valence-corrected chi connectivity index (χ1v) is 6.93. The number of halogens is 4. The highest BCUT2D eigenvalue weighted by atomic mass is 35.5. The van der Waals surface area contributed by atoms with E-state index in [1.165, 1.54) is 6.07 Å². The van der Waals surface area contributed by atoms with Crippen molar-refractivity contribution in [2.75, 3.05) is 0 Å². The molecule has 19 heavy (non-hydrogen) atoms. The van der Waals surface area contributed by atoms with Crippen LogP contribution in [0.25, 0.3) is 0 Å². The van der Waals surface area contributed by atoms with Crippen LogP contribution >= 0.6 is 46.4 Å². The van der Waals surface area contributed by atoms with Gasteiger partial charge in [0.05, 0.1) is 25.7 Å². The number of Topliss-reactive ketones (excluding diaryl/α,β-unsaturated/α-hetero) is 1. The Morgan fingerprint density at radius 3 is 2.11 bits per heavy atom. The van der Waals surface area contributed by atoms with E-state index >= 15 is 0 Å². The quantitative estimate of drug-likeness (QED) is 0.337. The predicted octanol–water partition coefficient (Wildman–Crippen LogP) is 5.13. The van der Waals surface area contributed by atoms with Crippen LogP contribution in [-0.4, -0.2) is 16.9 Å². The molecule has 0 saturated carbocycles. The van der Waals surface area contributed by atoms with Gasteiger partial charge in [-0.25, -0.2) is 0 Å². The summed E-state index contributed by atoms with van der Waals surface area (Å²) in [6.45, 7) is 0. The fourth-order valence-corrected chi connectivity index (χ4v) is 2.63. The van der Waals surface area contributed by atoms with E-state index in [0.29, 0.717) is 12.8 Å². The standard InChI is InChI=1S/C12H10Cl4O3/c13-6-5-7(14)11(15)12(16)10(6)8(17)3-1-2-4-9(18)19/h5H,1-4H2,(H,18,19). The minimum absolute atomic E-state index is 0.0239. The molecule has 1 aromatic rings. The Labute approximate surface area is 130 Å². The number of aliphatic carboxylic acids is 1. The van der Waals surface area contributed by atoms with Crippen LogP contribution in [0.5, 0.6) is 0 Å². The molecular formula is C12H10Cl4O3. The SMILES string of the molecule is O=C(O)CCCCC(=O)c1c(Cl)cc(Cl)c(Cl)c1Cl. The molecule has 104 valence electrons. The molecule has 3 nitrogen and oxygen atoms in total. The van der Waals surface area contributed by atoms with E-state index < -0.39 is 5.97 Å². The first kappa shape index (κ1) is 16.6. The molecule has 0 saturated heterocycles. The summed E-state index contributed by atoms with van der Waals surface area (Å²) in [6, 6.07) is 1.36. The molecule has 0 aliphatic heterocycles. The normalized spacial score (nSPS) is 10.5. The second kappa shape index (κ2) is 7.34. The number of carboxylic acid groups (broad SMARTS) is 1. The second-order valence-electron chi connectivity index (χ2n) is 3.87. The highest BCUT2D eigenvalue weighted by Gasteiger charge is 2.19. The van der Waals surface area contributed by atoms with Gasteiger partial charge < -0.3 is 5.11 Å². The van der Waals surface area contributed by atoms with Crippen LogP contribution in [0.1, 0.15) is 36.0 Å². The zero-order valence-corrected chi connectivity index (χ0v) is 12.7. The number of rotatable bonds is 6. The monoisotopic (exact) mass is 342 g/mol.